The lowest BCUT2D eigenvalue weighted by Gasteiger charge is -2.40. The number of nitrogens with two attached hydrogens (primary N) is 1. The summed E-state index contributed by atoms with van der Waals surface area (Å²) < 4.78 is 34.7. The van der Waals surface area contributed by atoms with Crippen molar-refractivity contribution in [3.05, 3.63) is 86.5 Å². The minimum atomic E-state index is -1.42. The van der Waals surface area contributed by atoms with E-state index in [2.05, 4.69) is 35.9 Å². The zero-order chi connectivity index (χ0) is 44.9. The highest BCUT2D eigenvalue weighted by molar-refractivity contribution is 5.98. The average Bonchev–Trinajstić information content (AvgIpc) is 3.76. The predicted octanol–water partition coefficient (Wildman–Crippen LogP) is 3.02. The summed E-state index contributed by atoms with van der Waals surface area (Å²) in [5, 5.41) is 18.6. The number of carbonyl (C=O) groups is 4. The quantitative estimate of drug-likeness (QED) is 0.0733. The first-order chi connectivity index (χ1) is 30.4. The fourth-order valence-electron chi connectivity index (χ4n) is 7.85. The number of carbonyl (C=O) groups excluding carboxylic acids is 3. The highest BCUT2D eigenvalue weighted by atomic mass is 16.7. The lowest BCUT2D eigenvalue weighted by atomic mass is 9.83. The molecule has 0 spiro atoms. The number of aliphatic carboxylic acids is 1. The van der Waals surface area contributed by atoms with Crippen molar-refractivity contribution in [3.8, 4) is 28.7 Å². The van der Waals surface area contributed by atoms with Gasteiger partial charge in [0.15, 0.2) is 34.2 Å². The Kier molecular flexibility index (Phi) is 12.8. The first-order valence-corrected chi connectivity index (χ1v) is 19.6. The molecule has 21 nitrogen and oxygen atoms in total. The lowest BCUT2D eigenvalue weighted by molar-refractivity contribution is -0.139. The molecule has 2 aliphatic heterocycles. The van der Waals surface area contributed by atoms with E-state index in [1.165, 1.54) is 39.7 Å². The molecule has 21 heteroatoms. The number of carboxylic acid groups (broad SMARTS) is 1. The number of hydrogen-bond donors (Lipinski definition) is 6. The van der Waals surface area contributed by atoms with Crippen LogP contribution in [-0.4, -0.2) is 102 Å². The third-order valence-electron chi connectivity index (χ3n) is 10.9. The molecule has 4 heterocycles. The number of likely N-dealkylation sites (N-methyl/N-ethyl adjacent to an activating group) is 1. The Labute approximate surface area is 359 Å². The van der Waals surface area contributed by atoms with E-state index in [1.54, 1.807) is 24.3 Å². The Morgan fingerprint density at radius 3 is 2.49 bits per heavy atom. The van der Waals surface area contributed by atoms with Crippen molar-refractivity contribution in [2.24, 2.45) is 0 Å². The summed E-state index contributed by atoms with van der Waals surface area (Å²) in [6.07, 6.45) is 0.427. The van der Waals surface area contributed by atoms with Crippen LogP contribution in [-0.2, 0) is 32.1 Å². The molecule has 0 fully saturated rings. The average molecular weight is 868 g/mol. The zero-order valence-electron chi connectivity index (χ0n) is 34.9. The molecule has 0 saturated carbocycles. The minimum Gasteiger partial charge on any atom is -0.493 e. The molecule has 7 rings (SSSR count). The van der Waals surface area contributed by atoms with Gasteiger partial charge in [-0.2, -0.15) is 4.98 Å². The normalized spacial score (nSPS) is 15.1. The van der Waals surface area contributed by atoms with Crippen LogP contribution < -0.4 is 50.9 Å². The van der Waals surface area contributed by atoms with Crippen LogP contribution in [0.3, 0.4) is 0 Å². The van der Waals surface area contributed by atoms with Crippen molar-refractivity contribution in [2.75, 3.05) is 58.1 Å². The maximum atomic E-state index is 13.7. The van der Waals surface area contributed by atoms with Gasteiger partial charge in [-0.1, -0.05) is 6.07 Å². The summed E-state index contributed by atoms with van der Waals surface area (Å²) in [7, 11) is 6.40. The van der Waals surface area contributed by atoms with E-state index in [0.29, 0.717) is 76.0 Å². The molecular formula is C42H45N9O12. The molecule has 3 unspecified atom stereocenters. The van der Waals surface area contributed by atoms with Crippen LogP contribution in [0.25, 0.3) is 11.2 Å². The van der Waals surface area contributed by atoms with Gasteiger partial charge in [0.2, 0.25) is 24.4 Å². The number of rotatable bonds is 17. The molecular weight excluding hydrogens is 823 g/mol. The van der Waals surface area contributed by atoms with E-state index < -0.39 is 41.5 Å². The van der Waals surface area contributed by atoms with Crippen LogP contribution in [0.4, 0.5) is 17.3 Å². The molecule has 330 valence electrons. The lowest BCUT2D eigenvalue weighted by Crippen LogP contribution is -2.41. The summed E-state index contributed by atoms with van der Waals surface area (Å²) in [6, 6.07) is 7.69. The highest BCUT2D eigenvalue weighted by Crippen LogP contribution is 2.57. The number of amides is 2. The number of methoxy groups -OCH3 is 3. The standard InChI is InChI=1S/C42H45N9O12/c1-20-24(10-12-27(58-3)33(20)59-4)34(61-18-52)32-29-25(14-15-51(32)2)30(36-37(35(29)60-5)63-19-62-36)48-28(53)13-11-26(41(56)57)47-39(54)21-6-8-22(9-7-21)44-16-23-17-45-38-31(46-23)40(55)50-42(43)49-38/h6-10,12,17-18,26,32,34,44H,11,13-16,19H2,1-5H3,(H,47,54)(H,48,53)(H,56,57)(H3,43,45,49,50,55). The van der Waals surface area contributed by atoms with E-state index in [4.69, 9.17) is 34.2 Å². The molecule has 3 atom stereocenters. The first-order valence-electron chi connectivity index (χ1n) is 19.6. The van der Waals surface area contributed by atoms with Crippen LogP contribution in [0.5, 0.6) is 28.7 Å². The first kappa shape index (κ1) is 43.4. The monoisotopic (exact) mass is 867 g/mol. The molecule has 5 aromatic rings. The second-order valence-electron chi connectivity index (χ2n) is 14.6. The molecule has 0 bridgehead atoms. The van der Waals surface area contributed by atoms with Crippen molar-refractivity contribution >= 4 is 52.7 Å². The van der Waals surface area contributed by atoms with Crippen LogP contribution in [0.1, 0.15) is 63.3 Å². The Hall–Kier alpha value is -7.68. The molecule has 0 radical (unpaired) electrons. The number of nitrogens with one attached hydrogen (secondary N) is 4. The zero-order valence-corrected chi connectivity index (χ0v) is 34.9. The van der Waals surface area contributed by atoms with Crippen LogP contribution in [0, 0.1) is 6.92 Å². The van der Waals surface area contributed by atoms with Gasteiger partial charge in [0.05, 0.1) is 51.5 Å². The molecule has 0 aliphatic carbocycles. The molecule has 63 heavy (non-hydrogen) atoms. The number of aromatic amines is 1. The summed E-state index contributed by atoms with van der Waals surface area (Å²) in [5.41, 5.74) is 9.29. The number of fused-ring (bicyclic) bond motifs is 3. The van der Waals surface area contributed by atoms with E-state index in [0.717, 1.165) is 0 Å². The van der Waals surface area contributed by atoms with Crippen molar-refractivity contribution in [1.82, 2.24) is 30.2 Å². The number of benzene rings is 3. The molecule has 7 N–H and O–H groups in total. The summed E-state index contributed by atoms with van der Waals surface area (Å²) in [6.45, 7) is 2.70. The third kappa shape index (κ3) is 8.76. The third-order valence-corrected chi connectivity index (χ3v) is 10.9. The van der Waals surface area contributed by atoms with Gasteiger partial charge < -0.3 is 55.2 Å². The number of nitrogen functional groups attached to an aromatic ring is 1. The molecule has 0 saturated heterocycles. The van der Waals surface area contributed by atoms with Crippen LogP contribution in [0.15, 0.2) is 47.4 Å². The maximum absolute atomic E-state index is 13.7. The van der Waals surface area contributed by atoms with Crippen LogP contribution >= 0.6 is 0 Å². The Bertz CT molecular complexity index is 2640. The number of hydrogen-bond acceptors (Lipinski definition) is 17. The fourth-order valence-corrected chi connectivity index (χ4v) is 7.85. The maximum Gasteiger partial charge on any atom is 0.326 e. The van der Waals surface area contributed by atoms with Gasteiger partial charge in [-0.05, 0) is 62.7 Å². The summed E-state index contributed by atoms with van der Waals surface area (Å²) in [4.78, 5) is 80.4. The highest BCUT2D eigenvalue weighted by Gasteiger charge is 2.43. The van der Waals surface area contributed by atoms with Crippen molar-refractivity contribution in [3.63, 3.8) is 0 Å². The van der Waals surface area contributed by atoms with Crippen molar-refractivity contribution < 1.29 is 52.7 Å². The van der Waals surface area contributed by atoms with Crippen molar-refractivity contribution in [1.29, 1.82) is 0 Å². The number of nitrogens with zero attached hydrogens (tertiary/aromatic N) is 4. The fraction of sp³-hybridized carbons (Fsp3) is 0.333. The second-order valence-corrected chi connectivity index (χ2v) is 14.6. The van der Waals surface area contributed by atoms with Gasteiger partial charge in [-0.25, -0.2) is 14.8 Å². The smallest absolute Gasteiger partial charge is 0.326 e. The number of aromatic nitrogens is 4. The van der Waals surface area contributed by atoms with Gasteiger partial charge in [-0.3, -0.25) is 29.1 Å². The topological polar surface area (TPSA) is 281 Å². The van der Waals surface area contributed by atoms with Gasteiger partial charge in [-0.15, -0.1) is 0 Å². The van der Waals surface area contributed by atoms with E-state index in [-0.39, 0.29) is 60.4 Å². The predicted molar refractivity (Wildman–Crippen MR) is 225 cm³/mol. The van der Waals surface area contributed by atoms with E-state index in [9.17, 15) is 29.1 Å². The largest absolute Gasteiger partial charge is 0.493 e. The second kappa shape index (κ2) is 18.5. The van der Waals surface area contributed by atoms with E-state index in [1.807, 2.05) is 18.9 Å². The van der Waals surface area contributed by atoms with Gasteiger partial charge >= 0.3 is 5.97 Å². The Balaban J connectivity index is 1.06. The molecule has 2 aliphatic rings. The van der Waals surface area contributed by atoms with Gasteiger partial charge in [0.25, 0.3) is 17.9 Å². The Morgan fingerprint density at radius 1 is 1.05 bits per heavy atom. The summed E-state index contributed by atoms with van der Waals surface area (Å²) in [5.74, 6) is -0.846. The molecule has 2 amide bonds. The minimum absolute atomic E-state index is 0.0354. The number of anilines is 3. The Morgan fingerprint density at radius 2 is 1.79 bits per heavy atom. The van der Waals surface area contributed by atoms with Gasteiger partial charge in [0.1, 0.15) is 12.1 Å². The van der Waals surface area contributed by atoms with Crippen molar-refractivity contribution in [2.45, 2.75) is 50.9 Å². The number of H-pyrrole nitrogens is 1. The van der Waals surface area contributed by atoms with E-state index >= 15 is 0 Å². The number of ether oxygens (including phenoxy) is 6. The number of carboxylic acids is 1. The molecule has 2 aromatic heterocycles. The summed E-state index contributed by atoms with van der Waals surface area (Å²) >= 11 is 0. The van der Waals surface area contributed by atoms with Crippen LogP contribution in [0.2, 0.25) is 0 Å². The SMILES string of the molecule is COc1ccc(C(OC=O)C2c3c(c(NC(=O)CCC(NC(=O)c4ccc(NCc5cnc6nc(N)[nH]c(=O)c6n5)cc4)C(=O)O)c4c(c3OC)OCO4)CCN2C)c(C)c1OC. The molecule has 3 aromatic carbocycles. The van der Waals surface area contributed by atoms with Gasteiger partial charge in [0, 0.05) is 40.9 Å².